The maximum atomic E-state index is 12.6. The Kier molecular flexibility index (Phi) is 4.85. The normalized spacial score (nSPS) is 21.8. The van der Waals surface area contributed by atoms with Crippen LogP contribution in [-0.4, -0.2) is 30.1 Å². The molecule has 1 saturated heterocycles. The Morgan fingerprint density at radius 1 is 1.48 bits per heavy atom. The van der Waals surface area contributed by atoms with Crippen LogP contribution in [0.1, 0.15) is 36.5 Å². The molecule has 1 atom stereocenters. The number of carboxylic acids is 1. The van der Waals surface area contributed by atoms with Gasteiger partial charge in [-0.3, -0.25) is 4.79 Å². The summed E-state index contributed by atoms with van der Waals surface area (Å²) in [6, 6.07) is 4.31. The van der Waals surface area contributed by atoms with Crippen LogP contribution < -0.4 is 10.6 Å². The average Bonchev–Trinajstić information content (AvgIpc) is 2.49. The minimum Gasteiger partial charge on any atom is -0.478 e. The zero-order valence-electron chi connectivity index (χ0n) is 11.9. The van der Waals surface area contributed by atoms with Crippen molar-refractivity contribution in [2.75, 3.05) is 18.4 Å². The highest BCUT2D eigenvalue weighted by molar-refractivity contribution is 6.34. The molecular formula is C15H19ClN2O3. The Bertz CT molecular complexity index is 554. The van der Waals surface area contributed by atoms with Gasteiger partial charge in [-0.2, -0.15) is 0 Å². The van der Waals surface area contributed by atoms with Gasteiger partial charge in [0, 0.05) is 6.54 Å². The number of aromatic carboxylic acids is 1. The lowest BCUT2D eigenvalue weighted by atomic mass is 9.77. The van der Waals surface area contributed by atoms with Crippen molar-refractivity contribution in [2.45, 2.75) is 26.2 Å². The summed E-state index contributed by atoms with van der Waals surface area (Å²) in [6.07, 6.45) is 2.55. The Labute approximate surface area is 128 Å². The van der Waals surface area contributed by atoms with E-state index in [9.17, 15) is 9.59 Å². The molecular weight excluding hydrogens is 292 g/mol. The number of benzene rings is 1. The summed E-state index contributed by atoms with van der Waals surface area (Å²) < 4.78 is 0. The van der Waals surface area contributed by atoms with Crippen molar-refractivity contribution < 1.29 is 14.7 Å². The van der Waals surface area contributed by atoms with E-state index in [0.717, 1.165) is 25.8 Å². The third-order valence-electron chi connectivity index (χ3n) is 4.09. The molecule has 1 heterocycles. The predicted molar refractivity (Wildman–Crippen MR) is 81.9 cm³/mol. The SMILES string of the molecule is CCC1(C(=O)Nc2ccc(C(=O)O)cc2Cl)CCCNC1. The van der Waals surface area contributed by atoms with Gasteiger partial charge in [-0.1, -0.05) is 18.5 Å². The topological polar surface area (TPSA) is 78.4 Å². The lowest BCUT2D eigenvalue weighted by Gasteiger charge is -2.35. The van der Waals surface area contributed by atoms with E-state index in [1.54, 1.807) is 0 Å². The van der Waals surface area contributed by atoms with Gasteiger partial charge in [0.2, 0.25) is 5.91 Å². The zero-order chi connectivity index (χ0) is 15.5. The summed E-state index contributed by atoms with van der Waals surface area (Å²) >= 11 is 6.05. The van der Waals surface area contributed by atoms with Gasteiger partial charge in [-0.25, -0.2) is 4.79 Å². The first-order valence-electron chi connectivity index (χ1n) is 7.03. The van der Waals surface area contributed by atoms with Crippen LogP contribution in [0, 0.1) is 5.41 Å². The summed E-state index contributed by atoms with van der Waals surface area (Å²) in [7, 11) is 0. The zero-order valence-corrected chi connectivity index (χ0v) is 12.7. The van der Waals surface area contributed by atoms with Gasteiger partial charge >= 0.3 is 5.97 Å². The van der Waals surface area contributed by atoms with Gasteiger partial charge in [0.25, 0.3) is 0 Å². The summed E-state index contributed by atoms with van der Waals surface area (Å²) in [4.78, 5) is 23.4. The molecule has 21 heavy (non-hydrogen) atoms. The molecule has 0 bridgehead atoms. The van der Waals surface area contributed by atoms with E-state index in [4.69, 9.17) is 16.7 Å². The van der Waals surface area contributed by atoms with Crippen molar-refractivity contribution in [2.24, 2.45) is 5.41 Å². The second kappa shape index (κ2) is 6.45. The van der Waals surface area contributed by atoms with Crippen LogP contribution >= 0.6 is 11.6 Å². The molecule has 1 amide bonds. The molecule has 0 saturated carbocycles. The lowest BCUT2D eigenvalue weighted by molar-refractivity contribution is -0.126. The second-order valence-corrected chi connectivity index (χ2v) is 5.78. The van der Waals surface area contributed by atoms with Crippen molar-refractivity contribution in [3.8, 4) is 0 Å². The molecule has 6 heteroatoms. The highest BCUT2D eigenvalue weighted by Gasteiger charge is 2.38. The van der Waals surface area contributed by atoms with Crippen molar-refractivity contribution in [1.29, 1.82) is 0 Å². The fraction of sp³-hybridized carbons (Fsp3) is 0.467. The van der Waals surface area contributed by atoms with Crippen LogP contribution in [0.2, 0.25) is 5.02 Å². The Morgan fingerprint density at radius 2 is 2.24 bits per heavy atom. The predicted octanol–water partition coefficient (Wildman–Crippen LogP) is 2.76. The Morgan fingerprint density at radius 3 is 2.76 bits per heavy atom. The molecule has 2 rings (SSSR count). The first kappa shape index (κ1) is 15.8. The van der Waals surface area contributed by atoms with E-state index in [1.807, 2.05) is 6.92 Å². The molecule has 1 aliphatic heterocycles. The molecule has 1 aliphatic rings. The Hall–Kier alpha value is -1.59. The van der Waals surface area contributed by atoms with Gasteiger partial charge in [-0.05, 0) is 44.0 Å². The average molecular weight is 311 g/mol. The molecule has 114 valence electrons. The molecule has 1 unspecified atom stereocenters. The van der Waals surface area contributed by atoms with Gasteiger partial charge in [0.15, 0.2) is 0 Å². The molecule has 0 aromatic heterocycles. The first-order chi connectivity index (χ1) is 9.98. The van der Waals surface area contributed by atoms with Gasteiger partial charge in [0.05, 0.1) is 21.7 Å². The summed E-state index contributed by atoms with van der Waals surface area (Å²) in [5.74, 6) is -1.11. The van der Waals surface area contributed by atoms with Gasteiger partial charge < -0.3 is 15.7 Å². The first-order valence-corrected chi connectivity index (χ1v) is 7.41. The standard InChI is InChI=1S/C15H19ClN2O3/c1-2-15(6-3-7-17-9-15)14(21)18-12-5-4-10(13(19)20)8-11(12)16/h4-5,8,17H,2-3,6-7,9H2,1H3,(H,18,21)(H,19,20). The van der Waals surface area contributed by atoms with Crippen LogP contribution in [0.4, 0.5) is 5.69 Å². The van der Waals surface area contributed by atoms with E-state index in [1.165, 1.54) is 18.2 Å². The third kappa shape index (κ3) is 3.36. The van der Waals surface area contributed by atoms with Crippen LogP contribution in [0.25, 0.3) is 0 Å². The fourth-order valence-electron chi connectivity index (χ4n) is 2.63. The van der Waals surface area contributed by atoms with Crippen LogP contribution in [-0.2, 0) is 4.79 Å². The number of rotatable bonds is 4. The lowest BCUT2D eigenvalue weighted by Crippen LogP contribution is -2.47. The van der Waals surface area contributed by atoms with Crippen molar-refractivity contribution >= 4 is 29.2 Å². The maximum Gasteiger partial charge on any atom is 0.335 e. The van der Waals surface area contributed by atoms with E-state index >= 15 is 0 Å². The number of carbonyl (C=O) groups is 2. The van der Waals surface area contributed by atoms with E-state index in [0.29, 0.717) is 12.2 Å². The van der Waals surface area contributed by atoms with Crippen molar-refractivity contribution in [1.82, 2.24) is 5.32 Å². The molecule has 0 aliphatic carbocycles. The quantitative estimate of drug-likeness (QED) is 0.799. The number of amides is 1. The summed E-state index contributed by atoms with van der Waals surface area (Å²) in [5, 5.41) is 15.2. The van der Waals surface area contributed by atoms with E-state index < -0.39 is 11.4 Å². The number of carbonyl (C=O) groups excluding carboxylic acids is 1. The van der Waals surface area contributed by atoms with Crippen LogP contribution in [0.3, 0.4) is 0 Å². The maximum absolute atomic E-state index is 12.6. The van der Waals surface area contributed by atoms with Crippen LogP contribution in [0.15, 0.2) is 18.2 Å². The minimum absolute atomic E-state index is 0.0674. The number of piperidine rings is 1. The van der Waals surface area contributed by atoms with Crippen molar-refractivity contribution in [3.05, 3.63) is 28.8 Å². The minimum atomic E-state index is -1.05. The number of nitrogens with one attached hydrogen (secondary N) is 2. The molecule has 1 aromatic rings. The molecule has 3 N–H and O–H groups in total. The number of halogens is 1. The summed E-state index contributed by atoms with van der Waals surface area (Å²) in [5.41, 5.74) is 0.125. The molecule has 0 spiro atoms. The number of hydrogen-bond donors (Lipinski definition) is 3. The monoisotopic (exact) mass is 310 g/mol. The number of anilines is 1. The molecule has 0 radical (unpaired) electrons. The smallest absolute Gasteiger partial charge is 0.335 e. The number of carboxylic acid groups (broad SMARTS) is 1. The Balaban J connectivity index is 2.17. The molecule has 1 aromatic carbocycles. The summed E-state index contributed by atoms with van der Waals surface area (Å²) in [6.45, 7) is 3.59. The number of hydrogen-bond acceptors (Lipinski definition) is 3. The third-order valence-corrected chi connectivity index (χ3v) is 4.41. The van der Waals surface area contributed by atoms with E-state index in [-0.39, 0.29) is 16.5 Å². The molecule has 5 nitrogen and oxygen atoms in total. The highest BCUT2D eigenvalue weighted by Crippen LogP contribution is 2.33. The van der Waals surface area contributed by atoms with Gasteiger partial charge in [-0.15, -0.1) is 0 Å². The van der Waals surface area contributed by atoms with Crippen molar-refractivity contribution in [3.63, 3.8) is 0 Å². The second-order valence-electron chi connectivity index (χ2n) is 5.37. The fourth-order valence-corrected chi connectivity index (χ4v) is 2.86. The highest BCUT2D eigenvalue weighted by atomic mass is 35.5. The largest absolute Gasteiger partial charge is 0.478 e. The van der Waals surface area contributed by atoms with Gasteiger partial charge in [0.1, 0.15) is 0 Å². The van der Waals surface area contributed by atoms with Crippen LogP contribution in [0.5, 0.6) is 0 Å². The van der Waals surface area contributed by atoms with E-state index in [2.05, 4.69) is 10.6 Å². The molecule has 1 fully saturated rings.